The molecule has 0 fully saturated rings. The molecule has 1 aromatic carbocycles. The molecule has 3 aromatic rings. The molecule has 0 radical (unpaired) electrons. The molecule has 0 saturated carbocycles. The van der Waals surface area contributed by atoms with Crippen LogP contribution >= 0.6 is 40.0 Å². The second-order valence-electron chi connectivity index (χ2n) is 6.78. The molecule has 0 unspecified atom stereocenters. The number of hydrogen-bond donors (Lipinski definition) is 0. The Morgan fingerprint density at radius 3 is 2.04 bits per heavy atom. The molecule has 0 saturated heterocycles. The molecule has 0 aliphatic carbocycles. The van der Waals surface area contributed by atoms with Crippen LogP contribution in [0.1, 0.15) is 22.4 Å². The standard InChI is InChI=1S/C20H25N3.2HI.V/c1-12-10-13(2)17(14(3)11-12)18-15(4)23(7)20-16(22(5)6)8-9-21-19(18)20;;;/h8-11H,1-7H3;2*1H;/q;;;+2/p-2. The molecular formula is C20H25I2N3V. The van der Waals surface area contributed by atoms with Crippen LogP contribution in [0.3, 0.4) is 0 Å². The van der Waals surface area contributed by atoms with Gasteiger partial charge in [-0.1, -0.05) is 17.7 Å². The van der Waals surface area contributed by atoms with Gasteiger partial charge in [-0.05, 0) is 50.5 Å². The summed E-state index contributed by atoms with van der Waals surface area (Å²) in [5, 5.41) is 0. The van der Waals surface area contributed by atoms with Gasteiger partial charge in [-0.25, -0.2) is 0 Å². The zero-order valence-corrected chi connectivity index (χ0v) is 22.1. The van der Waals surface area contributed by atoms with Gasteiger partial charge in [0, 0.05) is 38.6 Å². The van der Waals surface area contributed by atoms with Crippen LogP contribution < -0.4 is 4.90 Å². The van der Waals surface area contributed by atoms with Crippen LogP contribution in [-0.2, 0) is 16.5 Å². The third-order valence-corrected chi connectivity index (χ3v) is 4.75. The van der Waals surface area contributed by atoms with Gasteiger partial charge >= 0.3 is 49.4 Å². The van der Waals surface area contributed by atoms with E-state index in [4.69, 9.17) is 4.98 Å². The molecule has 0 amide bonds. The average molecular weight is 612 g/mol. The van der Waals surface area contributed by atoms with Crippen LogP contribution in [0.25, 0.3) is 22.2 Å². The fraction of sp³-hybridized carbons (Fsp3) is 0.350. The summed E-state index contributed by atoms with van der Waals surface area (Å²) in [7, 11) is 6.93. The number of anilines is 1. The predicted molar refractivity (Wildman–Crippen MR) is 127 cm³/mol. The molecule has 3 rings (SSSR count). The van der Waals surface area contributed by atoms with Gasteiger partial charge in [0.05, 0.1) is 16.7 Å². The average Bonchev–Trinajstić information content (AvgIpc) is 2.80. The van der Waals surface area contributed by atoms with Gasteiger partial charge in [0.2, 0.25) is 0 Å². The summed E-state index contributed by atoms with van der Waals surface area (Å²) in [6.45, 7) is 8.74. The van der Waals surface area contributed by atoms with Gasteiger partial charge in [-0.2, -0.15) is 0 Å². The van der Waals surface area contributed by atoms with E-state index in [2.05, 4.69) is 116 Å². The Balaban J connectivity index is 0.000000758. The van der Waals surface area contributed by atoms with Crippen LogP contribution in [0.15, 0.2) is 24.4 Å². The van der Waals surface area contributed by atoms with Crippen molar-refractivity contribution in [3.8, 4) is 11.1 Å². The van der Waals surface area contributed by atoms with Gasteiger partial charge in [0.15, 0.2) is 0 Å². The van der Waals surface area contributed by atoms with E-state index in [-0.39, 0.29) is 0 Å². The number of rotatable bonds is 2. The van der Waals surface area contributed by atoms with E-state index in [1.807, 2.05) is 6.20 Å². The molecule has 6 heteroatoms. The maximum absolute atomic E-state index is 4.74. The number of fused-ring (bicyclic) bond motifs is 1. The molecule has 26 heavy (non-hydrogen) atoms. The summed E-state index contributed by atoms with van der Waals surface area (Å²) in [6, 6.07) is 6.60. The van der Waals surface area contributed by atoms with Crippen molar-refractivity contribution in [1.29, 1.82) is 0 Å². The Hall–Kier alpha value is -0.246. The minimum absolute atomic E-state index is 0.628. The van der Waals surface area contributed by atoms with Crippen LogP contribution in [0.4, 0.5) is 5.69 Å². The fourth-order valence-corrected chi connectivity index (χ4v) is 3.70. The van der Waals surface area contributed by atoms with E-state index in [0.29, 0.717) is 9.47 Å². The van der Waals surface area contributed by atoms with Crippen molar-refractivity contribution in [2.75, 3.05) is 19.0 Å². The van der Waals surface area contributed by atoms with Crippen molar-refractivity contribution < 1.29 is 9.47 Å². The molecule has 0 aliphatic heterocycles. The number of nitrogens with zero attached hydrogens (tertiary/aromatic N) is 3. The zero-order chi connectivity index (χ0) is 19.6. The topological polar surface area (TPSA) is 21.1 Å². The van der Waals surface area contributed by atoms with Crippen molar-refractivity contribution in [2.24, 2.45) is 7.05 Å². The van der Waals surface area contributed by atoms with E-state index in [9.17, 15) is 0 Å². The first-order chi connectivity index (χ1) is 12.2. The molecule has 0 N–H and O–H groups in total. The van der Waals surface area contributed by atoms with Crippen molar-refractivity contribution in [3.05, 3.63) is 46.8 Å². The van der Waals surface area contributed by atoms with Crippen molar-refractivity contribution in [3.63, 3.8) is 0 Å². The Kier molecular flexibility index (Phi) is 7.89. The van der Waals surface area contributed by atoms with E-state index in [0.717, 1.165) is 5.52 Å². The molecule has 3 nitrogen and oxygen atoms in total. The SMILES string of the molecule is Cc1cc(C)c(-c2c(C)n(C)c3c(N(C)C)ccnc23)c(C)c1.[I][V][I]. The van der Waals surface area contributed by atoms with E-state index < -0.39 is 0 Å². The Bertz CT molecular complexity index is 909. The monoisotopic (exact) mass is 612 g/mol. The second-order valence-corrected chi connectivity index (χ2v) is 18.6. The molecule has 0 atom stereocenters. The summed E-state index contributed by atoms with van der Waals surface area (Å²) < 4.78 is 2.27. The molecule has 2 aromatic heterocycles. The number of aryl methyl sites for hydroxylation is 4. The molecule has 0 aliphatic rings. The van der Waals surface area contributed by atoms with Gasteiger partial charge < -0.3 is 9.47 Å². The first-order valence-corrected chi connectivity index (χ1v) is 17.4. The maximum atomic E-state index is 4.74. The molecule has 2 heterocycles. The minimum atomic E-state index is 0.628. The normalized spacial score (nSPS) is 10.5. The van der Waals surface area contributed by atoms with E-state index in [1.165, 1.54) is 44.7 Å². The summed E-state index contributed by atoms with van der Waals surface area (Å²) >= 11 is 4.74. The van der Waals surface area contributed by atoms with Gasteiger partial charge in [-0.15, -0.1) is 0 Å². The van der Waals surface area contributed by atoms with E-state index >= 15 is 0 Å². The zero-order valence-electron chi connectivity index (χ0n) is 16.4. The van der Waals surface area contributed by atoms with Crippen molar-refractivity contribution in [1.82, 2.24) is 9.55 Å². The third kappa shape index (κ3) is 4.26. The van der Waals surface area contributed by atoms with E-state index in [1.54, 1.807) is 0 Å². The van der Waals surface area contributed by atoms with Gasteiger partial charge in [0.1, 0.15) is 0 Å². The second kappa shape index (κ2) is 9.30. The fourth-order valence-electron chi connectivity index (χ4n) is 3.70. The Morgan fingerprint density at radius 1 is 1.00 bits per heavy atom. The first kappa shape index (κ1) is 22.0. The molecule has 139 valence electrons. The van der Waals surface area contributed by atoms with Crippen LogP contribution in [0, 0.1) is 27.7 Å². The number of aromatic nitrogens is 2. The van der Waals surface area contributed by atoms with Crippen LogP contribution in [-0.4, -0.2) is 23.6 Å². The molecular weight excluding hydrogens is 587 g/mol. The summed E-state index contributed by atoms with van der Waals surface area (Å²) in [6.07, 6.45) is 1.92. The first-order valence-electron chi connectivity index (χ1n) is 8.36. The van der Waals surface area contributed by atoms with Crippen LogP contribution in [0.5, 0.6) is 0 Å². The van der Waals surface area contributed by atoms with Crippen molar-refractivity contribution >= 4 is 56.7 Å². The molecule has 0 bridgehead atoms. The van der Waals surface area contributed by atoms with Gasteiger partial charge in [0.25, 0.3) is 0 Å². The summed E-state index contributed by atoms with van der Waals surface area (Å²) in [5.74, 6) is 0. The number of halogens is 2. The number of hydrogen-bond acceptors (Lipinski definition) is 2. The Morgan fingerprint density at radius 2 is 1.54 bits per heavy atom. The predicted octanol–water partition coefficient (Wildman–Crippen LogP) is 6.31. The quantitative estimate of drug-likeness (QED) is 0.317. The van der Waals surface area contributed by atoms with Gasteiger partial charge in [-0.3, -0.25) is 4.98 Å². The summed E-state index contributed by atoms with van der Waals surface area (Å²) in [4.78, 5) is 6.89. The Labute approximate surface area is 185 Å². The number of pyridine rings is 1. The van der Waals surface area contributed by atoms with Crippen LogP contribution in [0.2, 0.25) is 0 Å². The van der Waals surface area contributed by atoms with Crippen molar-refractivity contribution in [2.45, 2.75) is 27.7 Å². The number of benzene rings is 1. The summed E-state index contributed by atoms with van der Waals surface area (Å²) in [5.41, 5.74) is 11.3. The third-order valence-electron chi connectivity index (χ3n) is 4.75. The molecule has 0 spiro atoms.